The summed E-state index contributed by atoms with van der Waals surface area (Å²) in [5.41, 5.74) is 1.43. The molecule has 1 aliphatic carbocycles. The molecule has 1 heterocycles. The lowest BCUT2D eigenvalue weighted by atomic mass is 9.81. The zero-order valence-corrected chi connectivity index (χ0v) is 16.7. The number of amides is 1. The van der Waals surface area contributed by atoms with E-state index in [-0.39, 0.29) is 23.7 Å². The van der Waals surface area contributed by atoms with Crippen molar-refractivity contribution in [1.29, 1.82) is 0 Å². The minimum absolute atomic E-state index is 0. The Morgan fingerprint density at radius 3 is 2.73 bits per heavy atom. The van der Waals surface area contributed by atoms with Crippen molar-refractivity contribution in [1.82, 2.24) is 10.6 Å². The van der Waals surface area contributed by atoms with Gasteiger partial charge in [0.25, 0.3) is 0 Å². The van der Waals surface area contributed by atoms with Gasteiger partial charge in [-0.1, -0.05) is 19.1 Å². The Balaban J connectivity index is 0.00000243. The molecule has 1 amide bonds. The van der Waals surface area contributed by atoms with E-state index in [1.807, 2.05) is 12.1 Å². The summed E-state index contributed by atoms with van der Waals surface area (Å²) in [6.45, 7) is 5.18. The third kappa shape index (κ3) is 6.48. The number of carbonyl (C=O) groups excluding carboxylic acids is 1. The third-order valence-electron chi connectivity index (χ3n) is 5.67. The van der Waals surface area contributed by atoms with Crippen molar-refractivity contribution < 1.29 is 9.53 Å². The van der Waals surface area contributed by atoms with Gasteiger partial charge in [-0.2, -0.15) is 0 Å². The number of benzene rings is 1. The summed E-state index contributed by atoms with van der Waals surface area (Å²) in [4.78, 5) is 12.2. The highest BCUT2D eigenvalue weighted by atomic mass is 35.5. The molecule has 146 valence electrons. The summed E-state index contributed by atoms with van der Waals surface area (Å²) < 4.78 is 6.06. The minimum Gasteiger partial charge on any atom is -0.490 e. The van der Waals surface area contributed by atoms with E-state index in [0.717, 1.165) is 44.6 Å². The molecule has 2 aliphatic rings. The van der Waals surface area contributed by atoms with Gasteiger partial charge in [0.2, 0.25) is 5.91 Å². The van der Waals surface area contributed by atoms with Crippen molar-refractivity contribution in [2.75, 3.05) is 19.6 Å². The average molecular weight is 381 g/mol. The first kappa shape index (κ1) is 21.0. The summed E-state index contributed by atoms with van der Waals surface area (Å²) in [7, 11) is 0. The van der Waals surface area contributed by atoms with Crippen LogP contribution in [0, 0.1) is 5.41 Å². The number of hydrogen-bond acceptors (Lipinski definition) is 3. The van der Waals surface area contributed by atoms with E-state index >= 15 is 0 Å². The van der Waals surface area contributed by atoms with Gasteiger partial charge in [-0.3, -0.25) is 4.79 Å². The lowest BCUT2D eigenvalue weighted by molar-refractivity contribution is -0.121. The highest BCUT2D eigenvalue weighted by molar-refractivity contribution is 5.85. The van der Waals surface area contributed by atoms with E-state index in [1.165, 1.54) is 31.2 Å². The molecule has 2 N–H and O–H groups in total. The molecule has 1 aromatic carbocycles. The second-order valence-electron chi connectivity index (χ2n) is 8.01. The van der Waals surface area contributed by atoms with Gasteiger partial charge in [0, 0.05) is 13.0 Å². The lowest BCUT2D eigenvalue weighted by Crippen LogP contribution is -2.42. The van der Waals surface area contributed by atoms with Crippen molar-refractivity contribution in [3.05, 3.63) is 29.8 Å². The van der Waals surface area contributed by atoms with Crippen LogP contribution >= 0.6 is 12.4 Å². The number of hydrogen-bond donors (Lipinski definition) is 2. The largest absolute Gasteiger partial charge is 0.490 e. The van der Waals surface area contributed by atoms with E-state index in [9.17, 15) is 4.79 Å². The topological polar surface area (TPSA) is 50.4 Å². The van der Waals surface area contributed by atoms with Crippen molar-refractivity contribution >= 4 is 18.3 Å². The number of nitrogens with one attached hydrogen (secondary N) is 2. The molecule has 1 aromatic rings. The molecule has 1 aliphatic heterocycles. The maximum absolute atomic E-state index is 12.2. The first-order chi connectivity index (χ1) is 12.1. The summed E-state index contributed by atoms with van der Waals surface area (Å²) in [5, 5.41) is 6.52. The van der Waals surface area contributed by atoms with Crippen LogP contribution in [0.1, 0.15) is 57.4 Å². The van der Waals surface area contributed by atoms with Gasteiger partial charge in [0.05, 0.1) is 6.10 Å². The van der Waals surface area contributed by atoms with Gasteiger partial charge in [-0.15, -0.1) is 12.4 Å². The molecule has 0 bridgehead atoms. The molecule has 0 aromatic heterocycles. The van der Waals surface area contributed by atoms with Crippen molar-refractivity contribution in [2.24, 2.45) is 5.41 Å². The summed E-state index contributed by atoms with van der Waals surface area (Å²) in [5.74, 6) is 1.11. The number of piperidine rings is 1. The Bertz CT molecular complexity index is 567. The molecular weight excluding hydrogens is 348 g/mol. The number of ether oxygens (including phenoxy) is 1. The van der Waals surface area contributed by atoms with E-state index < -0.39 is 0 Å². The number of aryl methyl sites for hydroxylation is 1. The third-order valence-corrected chi connectivity index (χ3v) is 5.67. The van der Waals surface area contributed by atoms with Crippen molar-refractivity contribution in [3.63, 3.8) is 0 Å². The van der Waals surface area contributed by atoms with Crippen LogP contribution in [0.4, 0.5) is 0 Å². The van der Waals surface area contributed by atoms with E-state index in [0.29, 0.717) is 12.5 Å². The number of rotatable bonds is 7. The van der Waals surface area contributed by atoms with Crippen LogP contribution in [0.15, 0.2) is 24.3 Å². The fourth-order valence-corrected chi connectivity index (χ4v) is 3.84. The zero-order chi connectivity index (χ0) is 17.5. The SMILES string of the molecule is CC1(CNC(=O)CCc2cccc(OC3CCCC3)c2)CCNCC1.Cl. The molecule has 0 spiro atoms. The summed E-state index contributed by atoms with van der Waals surface area (Å²) in [6, 6.07) is 8.25. The van der Waals surface area contributed by atoms with Gasteiger partial charge in [-0.25, -0.2) is 0 Å². The monoisotopic (exact) mass is 380 g/mol. The Kier molecular flexibility index (Phi) is 8.23. The van der Waals surface area contributed by atoms with Crippen LogP contribution in [0.2, 0.25) is 0 Å². The Labute approximate surface area is 163 Å². The Hall–Kier alpha value is -1.26. The lowest BCUT2D eigenvalue weighted by Gasteiger charge is -2.34. The van der Waals surface area contributed by atoms with E-state index in [1.54, 1.807) is 0 Å². The zero-order valence-electron chi connectivity index (χ0n) is 15.9. The molecule has 0 unspecified atom stereocenters. The van der Waals surface area contributed by atoms with E-state index in [4.69, 9.17) is 4.74 Å². The van der Waals surface area contributed by atoms with Crippen LogP contribution in [-0.4, -0.2) is 31.6 Å². The fourth-order valence-electron chi connectivity index (χ4n) is 3.84. The highest BCUT2D eigenvalue weighted by Gasteiger charge is 2.26. The maximum atomic E-state index is 12.2. The molecule has 3 rings (SSSR count). The maximum Gasteiger partial charge on any atom is 0.220 e. The van der Waals surface area contributed by atoms with Crippen LogP contribution < -0.4 is 15.4 Å². The first-order valence-corrected chi connectivity index (χ1v) is 9.86. The number of carbonyl (C=O) groups is 1. The number of halogens is 1. The van der Waals surface area contributed by atoms with Gasteiger partial charge in [-0.05, 0) is 81.1 Å². The molecule has 26 heavy (non-hydrogen) atoms. The molecule has 5 heteroatoms. The molecular formula is C21H33ClN2O2. The van der Waals surface area contributed by atoms with Crippen molar-refractivity contribution in [3.8, 4) is 5.75 Å². The minimum atomic E-state index is 0. The Morgan fingerprint density at radius 1 is 1.27 bits per heavy atom. The van der Waals surface area contributed by atoms with Gasteiger partial charge in [0.15, 0.2) is 0 Å². The van der Waals surface area contributed by atoms with E-state index in [2.05, 4.69) is 29.7 Å². The summed E-state index contributed by atoms with van der Waals surface area (Å²) in [6.07, 6.45) is 8.85. The van der Waals surface area contributed by atoms with Gasteiger partial charge >= 0.3 is 0 Å². The first-order valence-electron chi connectivity index (χ1n) is 9.86. The second-order valence-corrected chi connectivity index (χ2v) is 8.01. The summed E-state index contributed by atoms with van der Waals surface area (Å²) >= 11 is 0. The normalized spacial score (nSPS) is 19.6. The molecule has 0 atom stereocenters. The Morgan fingerprint density at radius 2 is 2.00 bits per heavy atom. The fraction of sp³-hybridized carbons (Fsp3) is 0.667. The standard InChI is InChI=1S/C21H32N2O2.ClH/c1-21(11-13-22-14-12-21)16-23-20(24)10-9-17-5-4-8-19(15-17)25-18-6-2-3-7-18;/h4-5,8,15,18,22H,2-3,6-7,9-14,16H2,1H3,(H,23,24);1H. The highest BCUT2D eigenvalue weighted by Crippen LogP contribution is 2.27. The molecule has 0 radical (unpaired) electrons. The van der Waals surface area contributed by atoms with Crippen LogP contribution in [0.5, 0.6) is 5.75 Å². The molecule has 1 saturated heterocycles. The predicted octanol–water partition coefficient (Wildman–Crippen LogP) is 3.87. The molecule has 2 fully saturated rings. The second kappa shape index (κ2) is 10.2. The van der Waals surface area contributed by atoms with Crippen LogP contribution in [-0.2, 0) is 11.2 Å². The van der Waals surface area contributed by atoms with Gasteiger partial charge < -0.3 is 15.4 Å². The molecule has 4 nitrogen and oxygen atoms in total. The van der Waals surface area contributed by atoms with Gasteiger partial charge in [0.1, 0.15) is 5.75 Å². The van der Waals surface area contributed by atoms with Crippen molar-refractivity contribution in [2.45, 2.75) is 64.4 Å². The smallest absolute Gasteiger partial charge is 0.220 e. The van der Waals surface area contributed by atoms with Crippen LogP contribution in [0.3, 0.4) is 0 Å². The quantitative estimate of drug-likeness (QED) is 0.754. The van der Waals surface area contributed by atoms with Crippen LogP contribution in [0.25, 0.3) is 0 Å². The predicted molar refractivity (Wildman–Crippen MR) is 108 cm³/mol. The molecule has 1 saturated carbocycles. The average Bonchev–Trinajstić information content (AvgIpc) is 3.12.